The smallest absolute Gasteiger partial charge is 0.303 e. The van der Waals surface area contributed by atoms with E-state index in [1.807, 2.05) is 38.1 Å². The lowest BCUT2D eigenvalue weighted by molar-refractivity contribution is -0.136. The Morgan fingerprint density at radius 3 is 2.39 bits per heavy atom. The molecule has 150 valence electrons. The maximum absolute atomic E-state index is 12.7. The van der Waals surface area contributed by atoms with Crippen molar-refractivity contribution in [1.82, 2.24) is 0 Å². The Kier molecular flexibility index (Phi) is 8.25. The zero-order valence-electron chi connectivity index (χ0n) is 16.8. The first-order valence-electron chi connectivity index (χ1n) is 9.76. The molecule has 28 heavy (non-hydrogen) atoms. The van der Waals surface area contributed by atoms with E-state index in [4.69, 9.17) is 16.7 Å². The van der Waals surface area contributed by atoms with Crippen molar-refractivity contribution in [3.05, 3.63) is 75.1 Å². The van der Waals surface area contributed by atoms with Crippen LogP contribution in [0.5, 0.6) is 0 Å². The molecule has 1 aliphatic rings. The molecule has 0 bridgehead atoms. The fourth-order valence-corrected chi connectivity index (χ4v) is 3.77. The number of benzene rings is 2. The Hall–Kier alpha value is -2.13. The number of carbonyl (C=O) groups is 1. The highest BCUT2D eigenvalue weighted by Crippen LogP contribution is 2.35. The number of halogens is 2. The van der Waals surface area contributed by atoms with Gasteiger partial charge in [0.15, 0.2) is 0 Å². The van der Waals surface area contributed by atoms with E-state index in [0.29, 0.717) is 11.4 Å². The first-order valence-corrected chi connectivity index (χ1v) is 10.1. The van der Waals surface area contributed by atoms with E-state index in [9.17, 15) is 9.18 Å². The van der Waals surface area contributed by atoms with E-state index in [0.717, 1.165) is 29.5 Å². The van der Waals surface area contributed by atoms with E-state index in [1.54, 1.807) is 17.7 Å². The summed E-state index contributed by atoms with van der Waals surface area (Å²) in [6.07, 6.45) is 5.47. The van der Waals surface area contributed by atoms with E-state index >= 15 is 0 Å². The van der Waals surface area contributed by atoms with Crippen LogP contribution in [-0.4, -0.2) is 11.1 Å². The van der Waals surface area contributed by atoms with Crippen molar-refractivity contribution < 1.29 is 14.3 Å². The van der Waals surface area contributed by atoms with Crippen LogP contribution < -0.4 is 0 Å². The highest BCUT2D eigenvalue weighted by molar-refractivity contribution is 6.31. The summed E-state index contributed by atoms with van der Waals surface area (Å²) in [5, 5.41) is 9.25. The second-order valence-electron chi connectivity index (χ2n) is 7.21. The van der Waals surface area contributed by atoms with Crippen LogP contribution >= 0.6 is 11.6 Å². The Bertz CT molecular complexity index is 830. The Morgan fingerprint density at radius 2 is 1.82 bits per heavy atom. The number of aliphatic carboxylic acids is 1. The summed E-state index contributed by atoms with van der Waals surface area (Å²) in [5.74, 6) is -0.926. The normalized spacial score (nSPS) is 13.3. The van der Waals surface area contributed by atoms with Crippen molar-refractivity contribution in [3.63, 3.8) is 0 Å². The van der Waals surface area contributed by atoms with Crippen molar-refractivity contribution >= 4 is 23.1 Å². The summed E-state index contributed by atoms with van der Waals surface area (Å²) >= 11 is 5.99. The second-order valence-corrected chi connectivity index (χ2v) is 7.62. The predicted molar refractivity (Wildman–Crippen MR) is 114 cm³/mol. The molecule has 2 nitrogen and oxygen atoms in total. The molecule has 1 aliphatic carbocycles. The van der Waals surface area contributed by atoms with Crippen molar-refractivity contribution in [2.45, 2.75) is 59.3 Å². The van der Waals surface area contributed by atoms with Crippen LogP contribution in [0.2, 0.25) is 5.02 Å². The van der Waals surface area contributed by atoms with Crippen molar-refractivity contribution in [3.8, 4) is 0 Å². The van der Waals surface area contributed by atoms with Crippen LogP contribution in [0.25, 0.3) is 5.57 Å². The number of hydrogen-bond donors (Lipinski definition) is 1. The lowest BCUT2D eigenvalue weighted by atomic mass is 10.0. The van der Waals surface area contributed by atoms with Crippen LogP contribution in [0.3, 0.4) is 0 Å². The Balaban J connectivity index is 0.000000200. The molecule has 0 heterocycles. The number of allylic oxidation sites excluding steroid dienone is 2. The largest absolute Gasteiger partial charge is 0.481 e. The number of carboxylic acid groups (broad SMARTS) is 1. The van der Waals surface area contributed by atoms with E-state index in [1.165, 1.54) is 24.0 Å². The lowest BCUT2D eigenvalue weighted by Crippen LogP contribution is -1.98. The van der Waals surface area contributed by atoms with Gasteiger partial charge in [-0.1, -0.05) is 42.3 Å². The van der Waals surface area contributed by atoms with E-state index in [2.05, 4.69) is 6.92 Å². The molecule has 1 N–H and O–H groups in total. The van der Waals surface area contributed by atoms with Gasteiger partial charge in [-0.05, 0) is 92.0 Å². The molecule has 3 rings (SSSR count). The van der Waals surface area contributed by atoms with Gasteiger partial charge in [0.05, 0.1) is 0 Å². The van der Waals surface area contributed by atoms with Crippen LogP contribution in [0.1, 0.15) is 61.3 Å². The summed E-state index contributed by atoms with van der Waals surface area (Å²) in [7, 11) is 0. The van der Waals surface area contributed by atoms with Gasteiger partial charge in [0.1, 0.15) is 5.82 Å². The fourth-order valence-electron chi connectivity index (χ4n) is 3.48. The van der Waals surface area contributed by atoms with Crippen molar-refractivity contribution in [2.24, 2.45) is 0 Å². The minimum absolute atomic E-state index is 0.148. The van der Waals surface area contributed by atoms with Crippen LogP contribution in [0, 0.1) is 19.7 Å². The van der Waals surface area contributed by atoms with Gasteiger partial charge in [-0.2, -0.15) is 0 Å². The lowest BCUT2D eigenvalue weighted by Gasteiger charge is -2.06. The third kappa shape index (κ3) is 6.20. The SMILES string of the molecule is CCC1=C(c2ccc(F)cc2)CCC1.Cc1cc(CCC(=O)O)cc(Cl)c1C. The third-order valence-corrected chi connectivity index (χ3v) is 5.64. The topological polar surface area (TPSA) is 37.3 Å². The summed E-state index contributed by atoms with van der Waals surface area (Å²) < 4.78 is 12.7. The second kappa shape index (κ2) is 10.4. The summed E-state index contributed by atoms with van der Waals surface area (Å²) in [6, 6.07) is 10.7. The number of aryl methyl sites for hydroxylation is 2. The van der Waals surface area contributed by atoms with Crippen molar-refractivity contribution in [1.29, 1.82) is 0 Å². The van der Waals surface area contributed by atoms with Gasteiger partial charge < -0.3 is 5.11 Å². The molecule has 2 aromatic rings. The molecular formula is C24H28ClFO2. The molecule has 0 atom stereocenters. The number of hydrogen-bond acceptors (Lipinski definition) is 1. The maximum atomic E-state index is 12.7. The van der Waals surface area contributed by atoms with E-state index < -0.39 is 5.97 Å². The molecule has 0 aliphatic heterocycles. The van der Waals surface area contributed by atoms with Gasteiger partial charge in [0.25, 0.3) is 0 Å². The molecule has 2 aromatic carbocycles. The maximum Gasteiger partial charge on any atom is 0.303 e. The van der Waals surface area contributed by atoms with E-state index in [-0.39, 0.29) is 12.2 Å². The molecule has 0 fully saturated rings. The molecular weight excluding hydrogens is 375 g/mol. The minimum atomic E-state index is -0.778. The first kappa shape index (κ1) is 22.2. The summed E-state index contributed by atoms with van der Waals surface area (Å²) in [6.45, 7) is 6.13. The third-order valence-electron chi connectivity index (χ3n) is 5.24. The highest BCUT2D eigenvalue weighted by Gasteiger charge is 2.14. The predicted octanol–water partition coefficient (Wildman–Crippen LogP) is 7.15. The molecule has 0 radical (unpaired) electrons. The van der Waals surface area contributed by atoms with Crippen molar-refractivity contribution in [2.75, 3.05) is 0 Å². The van der Waals surface area contributed by atoms with Crippen LogP contribution in [-0.2, 0) is 11.2 Å². The molecule has 0 spiro atoms. The van der Waals surface area contributed by atoms with Gasteiger partial charge in [-0.3, -0.25) is 4.79 Å². The van der Waals surface area contributed by atoms with Gasteiger partial charge >= 0.3 is 5.97 Å². The minimum Gasteiger partial charge on any atom is -0.481 e. The fraction of sp³-hybridized carbons (Fsp3) is 0.375. The highest BCUT2D eigenvalue weighted by atomic mass is 35.5. The molecule has 0 saturated heterocycles. The standard InChI is InChI=1S/C13H15F.C11H13ClO2/c1-2-10-4-3-5-13(10)11-6-8-12(14)9-7-11;1-7-5-9(3-4-11(13)14)6-10(12)8(7)2/h6-9H,2-5H2,1H3;5-6H,3-4H2,1-2H3,(H,13,14). The zero-order valence-corrected chi connectivity index (χ0v) is 17.6. The van der Waals surface area contributed by atoms with Gasteiger partial charge in [0, 0.05) is 11.4 Å². The number of rotatable bonds is 5. The average molecular weight is 403 g/mol. The first-order chi connectivity index (χ1) is 13.3. The zero-order chi connectivity index (χ0) is 20.7. The molecule has 0 saturated carbocycles. The Labute approximate surface area is 172 Å². The summed E-state index contributed by atoms with van der Waals surface area (Å²) in [5.41, 5.74) is 7.37. The monoisotopic (exact) mass is 402 g/mol. The number of carboxylic acids is 1. The Morgan fingerprint density at radius 1 is 1.14 bits per heavy atom. The molecule has 0 unspecified atom stereocenters. The van der Waals surface area contributed by atoms with Crippen LogP contribution in [0.15, 0.2) is 42.0 Å². The quantitative estimate of drug-likeness (QED) is 0.576. The van der Waals surface area contributed by atoms with Gasteiger partial charge in [0.2, 0.25) is 0 Å². The summed E-state index contributed by atoms with van der Waals surface area (Å²) in [4.78, 5) is 10.4. The van der Waals surface area contributed by atoms with Crippen LogP contribution in [0.4, 0.5) is 4.39 Å². The molecule has 4 heteroatoms. The molecule has 0 aromatic heterocycles. The molecule has 0 amide bonds. The average Bonchev–Trinajstić information content (AvgIpc) is 3.14. The van der Waals surface area contributed by atoms with Gasteiger partial charge in [-0.15, -0.1) is 0 Å². The van der Waals surface area contributed by atoms with Gasteiger partial charge in [-0.25, -0.2) is 4.39 Å².